The Morgan fingerprint density at radius 3 is 2.83 bits per heavy atom. The van der Waals surface area contributed by atoms with E-state index in [-0.39, 0.29) is 24.2 Å². The van der Waals surface area contributed by atoms with Crippen molar-refractivity contribution in [2.45, 2.75) is 25.8 Å². The van der Waals surface area contributed by atoms with E-state index in [1.807, 2.05) is 0 Å². The number of ether oxygens (including phenoxy) is 2. The zero-order valence-electron chi connectivity index (χ0n) is 10.6. The SMILES string of the molecule is COC(=O)CCCOc1cc(F)ccc1[C@H](C)N. The number of halogens is 1. The van der Waals surface area contributed by atoms with Crippen molar-refractivity contribution in [2.75, 3.05) is 13.7 Å². The third kappa shape index (κ3) is 4.33. The number of carbonyl (C=O) groups excluding carboxylic acids is 1. The van der Waals surface area contributed by atoms with Gasteiger partial charge in [-0.1, -0.05) is 6.07 Å². The van der Waals surface area contributed by atoms with Crippen LogP contribution in [0.5, 0.6) is 5.75 Å². The van der Waals surface area contributed by atoms with E-state index in [0.29, 0.717) is 18.8 Å². The third-order valence-electron chi connectivity index (χ3n) is 2.48. The summed E-state index contributed by atoms with van der Waals surface area (Å²) in [7, 11) is 1.34. The van der Waals surface area contributed by atoms with E-state index in [4.69, 9.17) is 10.5 Å². The molecule has 0 heterocycles. The first-order valence-electron chi connectivity index (χ1n) is 5.79. The van der Waals surface area contributed by atoms with Gasteiger partial charge in [0.05, 0.1) is 13.7 Å². The average molecular weight is 255 g/mol. The molecule has 0 aliphatic rings. The molecule has 4 nitrogen and oxygen atoms in total. The summed E-state index contributed by atoms with van der Waals surface area (Å²) in [5.74, 6) is -0.234. The minimum absolute atomic E-state index is 0.235. The second-order valence-electron chi connectivity index (χ2n) is 4.00. The standard InChI is InChI=1S/C13H18FNO3/c1-9(15)11-6-5-10(14)8-12(11)18-7-3-4-13(16)17-2/h5-6,8-9H,3-4,7,15H2,1-2H3/t9-/m0/s1. The molecule has 0 aliphatic carbocycles. The van der Waals surface area contributed by atoms with E-state index in [0.717, 1.165) is 5.56 Å². The molecule has 0 amide bonds. The van der Waals surface area contributed by atoms with Gasteiger partial charge < -0.3 is 15.2 Å². The lowest BCUT2D eigenvalue weighted by Crippen LogP contribution is -2.10. The molecule has 0 aromatic heterocycles. The van der Waals surface area contributed by atoms with Crippen molar-refractivity contribution in [3.05, 3.63) is 29.6 Å². The molecule has 0 bridgehead atoms. The topological polar surface area (TPSA) is 61.5 Å². The molecule has 18 heavy (non-hydrogen) atoms. The Morgan fingerprint density at radius 1 is 1.50 bits per heavy atom. The maximum absolute atomic E-state index is 13.1. The summed E-state index contributed by atoms with van der Waals surface area (Å²) in [5, 5.41) is 0. The fourth-order valence-corrected chi connectivity index (χ4v) is 1.51. The van der Waals surface area contributed by atoms with Gasteiger partial charge in [0.25, 0.3) is 0 Å². The van der Waals surface area contributed by atoms with E-state index < -0.39 is 0 Å². The molecule has 0 saturated carbocycles. The van der Waals surface area contributed by atoms with Gasteiger partial charge in [-0.25, -0.2) is 4.39 Å². The van der Waals surface area contributed by atoms with Gasteiger partial charge in [-0.3, -0.25) is 4.79 Å². The highest BCUT2D eigenvalue weighted by Crippen LogP contribution is 2.24. The maximum atomic E-state index is 13.1. The van der Waals surface area contributed by atoms with Crippen LogP contribution in [-0.4, -0.2) is 19.7 Å². The van der Waals surface area contributed by atoms with Crippen LogP contribution in [0.4, 0.5) is 4.39 Å². The summed E-state index contributed by atoms with van der Waals surface area (Å²) in [6.07, 6.45) is 0.793. The Balaban J connectivity index is 2.55. The van der Waals surface area contributed by atoms with Crippen molar-refractivity contribution in [1.29, 1.82) is 0 Å². The third-order valence-corrected chi connectivity index (χ3v) is 2.48. The van der Waals surface area contributed by atoms with Crippen molar-refractivity contribution in [3.63, 3.8) is 0 Å². The Kier molecular flexibility index (Phi) is 5.58. The van der Waals surface area contributed by atoms with Crippen LogP contribution < -0.4 is 10.5 Å². The van der Waals surface area contributed by atoms with Gasteiger partial charge in [0.2, 0.25) is 0 Å². The Morgan fingerprint density at radius 2 is 2.22 bits per heavy atom. The fraction of sp³-hybridized carbons (Fsp3) is 0.462. The lowest BCUT2D eigenvalue weighted by molar-refractivity contribution is -0.140. The number of benzene rings is 1. The second kappa shape index (κ2) is 6.96. The van der Waals surface area contributed by atoms with E-state index >= 15 is 0 Å². The average Bonchev–Trinajstić information content (AvgIpc) is 2.34. The zero-order chi connectivity index (χ0) is 13.5. The van der Waals surface area contributed by atoms with E-state index in [9.17, 15) is 9.18 Å². The van der Waals surface area contributed by atoms with Crippen LogP contribution >= 0.6 is 0 Å². The fourth-order valence-electron chi connectivity index (χ4n) is 1.51. The van der Waals surface area contributed by atoms with Gasteiger partial charge in [-0.05, 0) is 19.4 Å². The molecular formula is C13H18FNO3. The molecule has 1 aromatic carbocycles. The van der Waals surface area contributed by atoms with Crippen LogP contribution in [0.2, 0.25) is 0 Å². The van der Waals surface area contributed by atoms with Crippen LogP contribution in [0.15, 0.2) is 18.2 Å². The zero-order valence-corrected chi connectivity index (χ0v) is 10.6. The normalized spacial score (nSPS) is 12.0. The molecular weight excluding hydrogens is 237 g/mol. The predicted molar refractivity (Wildman–Crippen MR) is 65.7 cm³/mol. The molecule has 5 heteroatoms. The van der Waals surface area contributed by atoms with Crippen molar-refractivity contribution in [1.82, 2.24) is 0 Å². The summed E-state index contributed by atoms with van der Waals surface area (Å²) in [5.41, 5.74) is 6.51. The molecule has 1 atom stereocenters. The van der Waals surface area contributed by atoms with Crippen molar-refractivity contribution < 1.29 is 18.7 Å². The number of hydrogen-bond acceptors (Lipinski definition) is 4. The summed E-state index contributed by atoms with van der Waals surface area (Å²) in [6.45, 7) is 2.12. The highest BCUT2D eigenvalue weighted by atomic mass is 19.1. The Hall–Kier alpha value is -1.62. The molecule has 0 aliphatic heterocycles. The first-order valence-corrected chi connectivity index (χ1v) is 5.79. The summed E-state index contributed by atoms with van der Waals surface area (Å²) in [4.78, 5) is 10.9. The smallest absolute Gasteiger partial charge is 0.305 e. The molecule has 1 rings (SSSR count). The highest BCUT2D eigenvalue weighted by Gasteiger charge is 2.09. The molecule has 0 saturated heterocycles. The molecule has 2 N–H and O–H groups in total. The largest absolute Gasteiger partial charge is 0.493 e. The number of methoxy groups -OCH3 is 1. The Labute approximate surface area is 106 Å². The van der Waals surface area contributed by atoms with Crippen LogP contribution in [0.1, 0.15) is 31.4 Å². The van der Waals surface area contributed by atoms with Gasteiger partial charge in [0.1, 0.15) is 11.6 Å². The van der Waals surface area contributed by atoms with E-state index in [2.05, 4.69) is 4.74 Å². The van der Waals surface area contributed by atoms with Crippen LogP contribution in [0.3, 0.4) is 0 Å². The van der Waals surface area contributed by atoms with Crippen molar-refractivity contribution in [2.24, 2.45) is 5.73 Å². The van der Waals surface area contributed by atoms with Crippen LogP contribution in [-0.2, 0) is 9.53 Å². The van der Waals surface area contributed by atoms with E-state index in [1.54, 1.807) is 13.0 Å². The molecule has 0 radical (unpaired) electrons. The van der Waals surface area contributed by atoms with Crippen molar-refractivity contribution in [3.8, 4) is 5.75 Å². The lowest BCUT2D eigenvalue weighted by atomic mass is 10.1. The first-order chi connectivity index (χ1) is 8.54. The van der Waals surface area contributed by atoms with E-state index in [1.165, 1.54) is 19.2 Å². The molecule has 0 spiro atoms. The number of rotatable bonds is 6. The van der Waals surface area contributed by atoms with Crippen molar-refractivity contribution >= 4 is 5.97 Å². The second-order valence-corrected chi connectivity index (χ2v) is 4.00. The molecule has 1 aromatic rings. The summed E-state index contributed by atoms with van der Waals surface area (Å²) >= 11 is 0. The quantitative estimate of drug-likeness (QED) is 0.625. The number of nitrogens with two attached hydrogens (primary N) is 1. The first kappa shape index (κ1) is 14.4. The minimum Gasteiger partial charge on any atom is -0.493 e. The van der Waals surface area contributed by atoms with Crippen LogP contribution in [0, 0.1) is 5.82 Å². The van der Waals surface area contributed by atoms with Crippen LogP contribution in [0.25, 0.3) is 0 Å². The number of carbonyl (C=O) groups is 1. The molecule has 100 valence electrons. The number of hydrogen-bond donors (Lipinski definition) is 1. The monoisotopic (exact) mass is 255 g/mol. The van der Waals surface area contributed by atoms with Gasteiger partial charge >= 0.3 is 5.97 Å². The summed E-state index contributed by atoms with van der Waals surface area (Å²) < 4.78 is 23.1. The van der Waals surface area contributed by atoms with Gasteiger partial charge in [-0.15, -0.1) is 0 Å². The van der Waals surface area contributed by atoms with Gasteiger partial charge in [-0.2, -0.15) is 0 Å². The lowest BCUT2D eigenvalue weighted by Gasteiger charge is -2.13. The number of esters is 1. The highest BCUT2D eigenvalue weighted by molar-refractivity contribution is 5.69. The Bertz CT molecular complexity index is 407. The van der Waals surface area contributed by atoms with Gasteiger partial charge in [0, 0.05) is 24.1 Å². The maximum Gasteiger partial charge on any atom is 0.305 e. The molecule has 0 fully saturated rings. The minimum atomic E-state index is -0.373. The predicted octanol–water partition coefficient (Wildman–Crippen LogP) is 2.18. The summed E-state index contributed by atoms with van der Waals surface area (Å²) in [6, 6.07) is 4.02. The molecule has 0 unspecified atom stereocenters. The van der Waals surface area contributed by atoms with Gasteiger partial charge in [0.15, 0.2) is 0 Å².